The molecule has 32 heavy (non-hydrogen) atoms. The van der Waals surface area contributed by atoms with Crippen LogP contribution in [0.3, 0.4) is 0 Å². The maximum Gasteiger partial charge on any atom is 0.297 e. The SMILES string of the molecule is Cc1ccc(S(=O)(=O)OCCN(CC[n+]2cccc(C(N)=O)c2)c2ccc(Cl)cc2)cc1. The van der Waals surface area contributed by atoms with Gasteiger partial charge in [-0.15, -0.1) is 0 Å². The smallest absolute Gasteiger partial charge is 0.297 e. The molecule has 0 radical (unpaired) electrons. The van der Waals surface area contributed by atoms with Crippen LogP contribution in [0.15, 0.2) is 78.0 Å². The van der Waals surface area contributed by atoms with Crippen molar-refractivity contribution in [2.24, 2.45) is 5.73 Å². The Kier molecular flexibility index (Phi) is 7.84. The number of hydrogen-bond donors (Lipinski definition) is 1. The predicted octanol–water partition coefficient (Wildman–Crippen LogP) is 2.95. The van der Waals surface area contributed by atoms with Crippen molar-refractivity contribution in [1.82, 2.24) is 0 Å². The van der Waals surface area contributed by atoms with Crippen molar-refractivity contribution in [3.05, 3.63) is 89.2 Å². The topological polar surface area (TPSA) is 93.6 Å². The number of pyridine rings is 1. The number of halogens is 1. The number of aryl methyl sites for hydroxylation is 1. The quantitative estimate of drug-likeness (QED) is 0.360. The fraction of sp³-hybridized carbons (Fsp3) is 0.217. The number of anilines is 1. The van der Waals surface area contributed by atoms with Crippen molar-refractivity contribution >= 4 is 33.3 Å². The number of carbonyl (C=O) groups excluding carboxylic acids is 1. The number of benzene rings is 2. The third-order valence-electron chi connectivity index (χ3n) is 4.87. The molecule has 0 aliphatic carbocycles. The van der Waals surface area contributed by atoms with Crippen LogP contribution in [0.1, 0.15) is 15.9 Å². The number of primary amides is 1. The van der Waals surface area contributed by atoms with Crippen molar-refractivity contribution in [1.29, 1.82) is 0 Å². The first-order valence-electron chi connectivity index (χ1n) is 10.0. The van der Waals surface area contributed by atoms with E-state index in [2.05, 4.69) is 0 Å². The van der Waals surface area contributed by atoms with Gasteiger partial charge in [0.25, 0.3) is 16.0 Å². The van der Waals surface area contributed by atoms with E-state index in [1.54, 1.807) is 42.6 Å². The summed E-state index contributed by atoms with van der Waals surface area (Å²) in [6.07, 6.45) is 3.52. The number of carbonyl (C=O) groups is 1. The molecule has 3 rings (SSSR count). The summed E-state index contributed by atoms with van der Waals surface area (Å²) in [5.74, 6) is -0.497. The number of nitrogens with zero attached hydrogens (tertiary/aromatic N) is 2. The van der Waals surface area contributed by atoms with Crippen LogP contribution in [0.25, 0.3) is 0 Å². The Balaban J connectivity index is 1.69. The highest BCUT2D eigenvalue weighted by molar-refractivity contribution is 7.86. The van der Waals surface area contributed by atoms with E-state index in [1.807, 2.05) is 34.7 Å². The fourth-order valence-corrected chi connectivity index (χ4v) is 4.12. The van der Waals surface area contributed by atoms with E-state index in [4.69, 9.17) is 21.5 Å². The van der Waals surface area contributed by atoms with Gasteiger partial charge in [0.2, 0.25) is 0 Å². The highest BCUT2D eigenvalue weighted by Crippen LogP contribution is 2.19. The normalized spacial score (nSPS) is 11.3. The second-order valence-corrected chi connectivity index (χ2v) is 9.30. The molecule has 2 aromatic carbocycles. The molecule has 7 nitrogen and oxygen atoms in total. The van der Waals surface area contributed by atoms with Gasteiger partial charge >= 0.3 is 0 Å². The predicted molar refractivity (Wildman–Crippen MR) is 123 cm³/mol. The molecule has 0 saturated carbocycles. The lowest BCUT2D eigenvalue weighted by Crippen LogP contribution is -2.42. The van der Waals surface area contributed by atoms with Crippen LogP contribution in [-0.4, -0.2) is 34.0 Å². The second kappa shape index (κ2) is 10.6. The van der Waals surface area contributed by atoms with Gasteiger partial charge in [0.1, 0.15) is 5.56 Å². The Morgan fingerprint density at radius 1 is 1.06 bits per heavy atom. The van der Waals surface area contributed by atoms with E-state index < -0.39 is 16.0 Å². The Labute approximate surface area is 193 Å². The lowest BCUT2D eigenvalue weighted by Gasteiger charge is -2.23. The summed E-state index contributed by atoms with van der Waals surface area (Å²) in [5, 5.41) is 0.607. The number of hydrogen-bond acceptors (Lipinski definition) is 5. The Morgan fingerprint density at radius 2 is 1.75 bits per heavy atom. The van der Waals surface area contributed by atoms with Crippen LogP contribution in [0.5, 0.6) is 0 Å². The van der Waals surface area contributed by atoms with Gasteiger partial charge in [0, 0.05) is 23.3 Å². The summed E-state index contributed by atoms with van der Waals surface area (Å²) < 4.78 is 32.1. The summed E-state index contributed by atoms with van der Waals surface area (Å²) in [7, 11) is -3.85. The van der Waals surface area contributed by atoms with Crippen LogP contribution in [0.4, 0.5) is 5.69 Å². The Bertz CT molecular complexity index is 1170. The molecular weight excluding hydrogens is 450 g/mol. The number of nitrogens with two attached hydrogens (primary N) is 1. The molecule has 0 fully saturated rings. The van der Waals surface area contributed by atoms with Crippen LogP contribution in [0.2, 0.25) is 5.02 Å². The molecular formula is C23H25ClN3O4S+. The van der Waals surface area contributed by atoms with Gasteiger partial charge in [0.15, 0.2) is 18.9 Å². The molecule has 3 aromatic rings. The third kappa shape index (κ3) is 6.53. The maximum atomic E-state index is 12.5. The van der Waals surface area contributed by atoms with Crippen LogP contribution in [0, 0.1) is 6.92 Å². The Morgan fingerprint density at radius 3 is 2.41 bits per heavy atom. The number of amides is 1. The van der Waals surface area contributed by atoms with E-state index in [9.17, 15) is 13.2 Å². The first kappa shape index (κ1) is 23.7. The van der Waals surface area contributed by atoms with Crippen molar-refractivity contribution < 1.29 is 22.0 Å². The van der Waals surface area contributed by atoms with Gasteiger partial charge < -0.3 is 10.6 Å². The molecule has 1 aromatic heterocycles. The first-order chi connectivity index (χ1) is 15.2. The zero-order valence-electron chi connectivity index (χ0n) is 17.6. The molecule has 0 spiro atoms. The molecule has 2 N–H and O–H groups in total. The summed E-state index contributed by atoms with van der Waals surface area (Å²) in [5.41, 5.74) is 7.61. The molecule has 0 unspecified atom stereocenters. The fourth-order valence-electron chi connectivity index (χ4n) is 3.10. The zero-order chi connectivity index (χ0) is 23.1. The molecule has 1 heterocycles. The minimum atomic E-state index is -3.85. The average molecular weight is 475 g/mol. The number of rotatable bonds is 10. The molecule has 0 aliphatic rings. The zero-order valence-corrected chi connectivity index (χ0v) is 19.2. The highest BCUT2D eigenvalue weighted by Gasteiger charge is 2.17. The lowest BCUT2D eigenvalue weighted by atomic mass is 10.2. The maximum absolute atomic E-state index is 12.5. The van der Waals surface area contributed by atoms with Crippen LogP contribution < -0.4 is 15.2 Å². The average Bonchev–Trinajstić information content (AvgIpc) is 2.77. The van der Waals surface area contributed by atoms with Gasteiger partial charge in [-0.25, -0.2) is 4.57 Å². The van der Waals surface area contributed by atoms with E-state index in [0.29, 0.717) is 30.2 Å². The second-order valence-electron chi connectivity index (χ2n) is 7.25. The minimum absolute atomic E-state index is 0.0230. The van der Waals surface area contributed by atoms with Crippen LogP contribution >= 0.6 is 11.6 Å². The lowest BCUT2D eigenvalue weighted by molar-refractivity contribution is -0.694. The van der Waals surface area contributed by atoms with Crippen molar-refractivity contribution in [3.63, 3.8) is 0 Å². The van der Waals surface area contributed by atoms with Gasteiger partial charge in [-0.2, -0.15) is 8.42 Å². The van der Waals surface area contributed by atoms with E-state index in [1.165, 1.54) is 12.1 Å². The van der Waals surface area contributed by atoms with Gasteiger partial charge in [-0.05, 0) is 49.4 Å². The van der Waals surface area contributed by atoms with Gasteiger partial charge in [0.05, 0.1) is 18.0 Å². The molecule has 1 amide bonds. The van der Waals surface area contributed by atoms with Gasteiger partial charge in [-0.3, -0.25) is 8.98 Å². The molecule has 168 valence electrons. The molecule has 0 saturated heterocycles. The van der Waals surface area contributed by atoms with Crippen molar-refractivity contribution in [3.8, 4) is 0 Å². The standard InChI is InChI=1S/C23H24ClN3O4S/c1-18-4-10-22(11-5-18)32(29,30)31-16-15-27(21-8-6-20(24)7-9-21)14-13-26-12-2-3-19(17-26)23(25)28/h2-12,17H,13-16H2,1H3,(H-,25,28)/p+1. The van der Waals surface area contributed by atoms with Crippen molar-refractivity contribution in [2.75, 3.05) is 24.6 Å². The van der Waals surface area contributed by atoms with E-state index in [-0.39, 0.29) is 11.5 Å². The third-order valence-corrected chi connectivity index (χ3v) is 6.45. The minimum Gasteiger partial charge on any atom is -0.365 e. The molecule has 0 bridgehead atoms. The first-order valence-corrected chi connectivity index (χ1v) is 11.8. The monoisotopic (exact) mass is 474 g/mol. The van der Waals surface area contributed by atoms with Gasteiger partial charge in [-0.1, -0.05) is 29.3 Å². The molecule has 0 aliphatic heterocycles. The van der Waals surface area contributed by atoms with Crippen LogP contribution in [-0.2, 0) is 20.8 Å². The van der Waals surface area contributed by atoms with E-state index in [0.717, 1.165) is 11.3 Å². The van der Waals surface area contributed by atoms with Crippen molar-refractivity contribution in [2.45, 2.75) is 18.4 Å². The summed E-state index contributed by atoms with van der Waals surface area (Å²) in [6.45, 7) is 3.29. The van der Waals surface area contributed by atoms with E-state index >= 15 is 0 Å². The summed E-state index contributed by atoms with van der Waals surface area (Å²) in [4.78, 5) is 13.5. The largest absolute Gasteiger partial charge is 0.365 e. The Hall–Kier alpha value is -2.94. The summed E-state index contributed by atoms with van der Waals surface area (Å²) >= 11 is 6.01. The molecule has 9 heteroatoms. The highest BCUT2D eigenvalue weighted by atomic mass is 35.5. The number of aromatic nitrogens is 1. The summed E-state index contributed by atoms with van der Waals surface area (Å²) in [6, 6.07) is 17.2. The molecule has 0 atom stereocenters.